The van der Waals surface area contributed by atoms with E-state index in [1.54, 1.807) is 35.7 Å². The molecule has 194 valence electrons. The van der Waals surface area contributed by atoms with Gasteiger partial charge >= 0.3 is 0 Å². The summed E-state index contributed by atoms with van der Waals surface area (Å²) in [5, 5.41) is 12.4. The summed E-state index contributed by atoms with van der Waals surface area (Å²) in [7, 11) is 1.61. The van der Waals surface area contributed by atoms with Gasteiger partial charge in [0.25, 0.3) is 5.91 Å². The fourth-order valence-corrected chi connectivity index (χ4v) is 5.49. The molecular formula is C29H28ClN5O2S. The number of nitrogens with one attached hydrogen (secondary N) is 2. The predicted octanol–water partition coefficient (Wildman–Crippen LogP) is 6.78. The van der Waals surface area contributed by atoms with Crippen LogP contribution in [0.15, 0.2) is 83.2 Å². The molecule has 0 saturated carbocycles. The molecule has 2 heterocycles. The van der Waals surface area contributed by atoms with E-state index in [2.05, 4.69) is 42.7 Å². The van der Waals surface area contributed by atoms with Crippen molar-refractivity contribution >= 4 is 40.9 Å². The third-order valence-electron chi connectivity index (χ3n) is 6.47. The van der Waals surface area contributed by atoms with Crippen molar-refractivity contribution in [3.8, 4) is 5.75 Å². The number of hydrogen-bond acceptors (Lipinski definition) is 6. The Kier molecular flexibility index (Phi) is 7.44. The van der Waals surface area contributed by atoms with Crippen molar-refractivity contribution in [2.75, 3.05) is 17.7 Å². The molecule has 9 heteroatoms. The van der Waals surface area contributed by atoms with Crippen LogP contribution >= 0.6 is 23.4 Å². The van der Waals surface area contributed by atoms with E-state index < -0.39 is 6.04 Å². The molecule has 1 aliphatic heterocycles. The number of nitrogens with zero attached hydrogens (tertiary/aromatic N) is 3. The average Bonchev–Trinajstić information content (AvgIpc) is 3.30. The number of allylic oxidation sites excluding steroid dienone is 1. The highest BCUT2D eigenvalue weighted by molar-refractivity contribution is 7.98. The zero-order valence-electron chi connectivity index (χ0n) is 21.6. The minimum Gasteiger partial charge on any atom is -0.497 e. The molecule has 0 fully saturated rings. The lowest BCUT2D eigenvalue weighted by molar-refractivity contribution is -0.113. The third kappa shape index (κ3) is 5.42. The van der Waals surface area contributed by atoms with Crippen LogP contribution in [0, 0.1) is 13.8 Å². The summed E-state index contributed by atoms with van der Waals surface area (Å²) < 4.78 is 7.01. The molecule has 0 aliphatic carbocycles. The van der Waals surface area contributed by atoms with Crippen LogP contribution in [-0.4, -0.2) is 27.8 Å². The van der Waals surface area contributed by atoms with Gasteiger partial charge in [0.2, 0.25) is 11.1 Å². The van der Waals surface area contributed by atoms with Crippen molar-refractivity contribution in [1.82, 2.24) is 14.8 Å². The van der Waals surface area contributed by atoms with Crippen LogP contribution in [0.5, 0.6) is 5.75 Å². The zero-order chi connectivity index (χ0) is 26.8. The Balaban J connectivity index is 1.46. The summed E-state index contributed by atoms with van der Waals surface area (Å²) >= 11 is 7.75. The second-order valence-electron chi connectivity index (χ2n) is 9.18. The highest BCUT2D eigenvalue weighted by atomic mass is 35.5. The van der Waals surface area contributed by atoms with Gasteiger partial charge < -0.3 is 15.4 Å². The first kappa shape index (κ1) is 25.9. The van der Waals surface area contributed by atoms with Gasteiger partial charge in [-0.3, -0.25) is 4.79 Å². The number of thioether (sulfide) groups is 1. The van der Waals surface area contributed by atoms with Crippen molar-refractivity contribution < 1.29 is 9.53 Å². The van der Waals surface area contributed by atoms with Crippen molar-refractivity contribution in [3.63, 3.8) is 0 Å². The second kappa shape index (κ2) is 10.9. The fraction of sp³-hybridized carbons (Fsp3) is 0.207. The minimum atomic E-state index is -0.482. The molecule has 0 spiro atoms. The lowest BCUT2D eigenvalue weighted by atomic mass is 9.95. The Morgan fingerprint density at radius 3 is 2.50 bits per heavy atom. The SMILES string of the molecule is COc1ccc(NC(=O)C2=C(C)Nc3nc(SCc4ccc(C)cc4C)nn3[C@H]2c2ccc(Cl)cc2)cc1. The summed E-state index contributed by atoms with van der Waals surface area (Å²) in [6.07, 6.45) is 0. The van der Waals surface area contributed by atoms with Crippen molar-refractivity contribution in [1.29, 1.82) is 0 Å². The highest BCUT2D eigenvalue weighted by Crippen LogP contribution is 2.37. The van der Waals surface area contributed by atoms with Crippen LogP contribution < -0.4 is 15.4 Å². The number of benzene rings is 3. The maximum absolute atomic E-state index is 13.6. The van der Waals surface area contributed by atoms with Gasteiger partial charge in [-0.15, -0.1) is 5.10 Å². The normalized spacial score (nSPS) is 14.6. The molecule has 38 heavy (non-hydrogen) atoms. The lowest BCUT2D eigenvalue weighted by Gasteiger charge is -2.28. The van der Waals surface area contributed by atoms with Crippen molar-refractivity contribution in [2.45, 2.75) is 37.7 Å². The van der Waals surface area contributed by atoms with E-state index in [-0.39, 0.29) is 5.91 Å². The zero-order valence-corrected chi connectivity index (χ0v) is 23.2. The standard InChI is InChI=1S/C29H28ClN5O2S/c1-17-5-6-21(18(2)15-17)16-38-29-33-28-31-19(3)25(27(36)32-23-11-13-24(37-4)14-12-23)26(35(28)34-29)20-7-9-22(30)10-8-20/h5-15,26H,16H2,1-4H3,(H,32,36)(H,31,33,34)/t26-/m0/s1. The Morgan fingerprint density at radius 2 is 1.82 bits per heavy atom. The number of carbonyl (C=O) groups excluding carboxylic acids is 1. The number of hydrogen-bond donors (Lipinski definition) is 2. The second-order valence-corrected chi connectivity index (χ2v) is 10.6. The number of fused-ring (bicyclic) bond motifs is 1. The molecule has 4 aromatic rings. The Labute approximate surface area is 231 Å². The summed E-state index contributed by atoms with van der Waals surface area (Å²) in [5.74, 6) is 1.82. The van der Waals surface area contributed by atoms with E-state index in [0.717, 1.165) is 17.1 Å². The van der Waals surface area contributed by atoms with Gasteiger partial charge in [0, 0.05) is 22.2 Å². The smallest absolute Gasteiger partial charge is 0.255 e. The summed E-state index contributed by atoms with van der Waals surface area (Å²) in [5.41, 5.74) is 6.53. The number of halogens is 1. The molecule has 0 saturated heterocycles. The van der Waals surface area contributed by atoms with E-state index in [1.807, 2.05) is 43.3 Å². The molecule has 1 amide bonds. The topological polar surface area (TPSA) is 81.1 Å². The fourth-order valence-electron chi connectivity index (χ4n) is 4.46. The molecule has 2 N–H and O–H groups in total. The number of aryl methyl sites for hydroxylation is 2. The Morgan fingerprint density at radius 1 is 1.08 bits per heavy atom. The number of methoxy groups -OCH3 is 1. The molecular weight excluding hydrogens is 518 g/mol. The lowest BCUT2D eigenvalue weighted by Crippen LogP contribution is -2.31. The summed E-state index contributed by atoms with van der Waals surface area (Å²) in [6, 6.07) is 20.7. The molecule has 0 radical (unpaired) electrons. The largest absolute Gasteiger partial charge is 0.497 e. The van der Waals surface area contributed by atoms with Crippen LogP contribution in [0.1, 0.15) is 35.2 Å². The van der Waals surface area contributed by atoms with Crippen LogP contribution in [-0.2, 0) is 10.5 Å². The van der Waals surface area contributed by atoms with E-state index in [4.69, 9.17) is 26.4 Å². The maximum atomic E-state index is 13.6. The van der Waals surface area contributed by atoms with E-state index in [1.165, 1.54) is 16.7 Å². The Hall–Kier alpha value is -3.75. The monoisotopic (exact) mass is 545 g/mol. The van der Waals surface area contributed by atoms with Gasteiger partial charge in [-0.1, -0.05) is 59.3 Å². The van der Waals surface area contributed by atoms with Crippen LogP contribution in [0.2, 0.25) is 5.02 Å². The molecule has 0 bridgehead atoms. The van der Waals surface area contributed by atoms with Crippen molar-refractivity contribution in [2.24, 2.45) is 0 Å². The predicted molar refractivity (Wildman–Crippen MR) is 153 cm³/mol. The number of carbonyl (C=O) groups is 1. The molecule has 3 aromatic carbocycles. The van der Waals surface area contributed by atoms with Crippen LogP contribution in [0.25, 0.3) is 0 Å². The molecule has 7 nitrogen and oxygen atoms in total. The molecule has 1 atom stereocenters. The molecule has 0 unspecified atom stereocenters. The first-order chi connectivity index (χ1) is 18.3. The summed E-state index contributed by atoms with van der Waals surface area (Å²) in [4.78, 5) is 18.4. The highest BCUT2D eigenvalue weighted by Gasteiger charge is 2.34. The Bertz CT molecular complexity index is 1510. The number of ether oxygens (including phenoxy) is 1. The van der Waals surface area contributed by atoms with E-state index >= 15 is 0 Å². The molecule has 1 aliphatic rings. The van der Waals surface area contributed by atoms with Gasteiger partial charge in [0.05, 0.1) is 12.7 Å². The number of rotatable bonds is 7. The first-order valence-corrected chi connectivity index (χ1v) is 13.5. The van der Waals surface area contributed by atoms with Gasteiger partial charge in [0.1, 0.15) is 11.8 Å². The van der Waals surface area contributed by atoms with Gasteiger partial charge in [-0.05, 0) is 73.9 Å². The van der Waals surface area contributed by atoms with E-state index in [9.17, 15) is 4.79 Å². The van der Waals surface area contributed by atoms with E-state index in [0.29, 0.717) is 33.1 Å². The third-order valence-corrected chi connectivity index (χ3v) is 7.60. The maximum Gasteiger partial charge on any atom is 0.255 e. The van der Waals surface area contributed by atoms with Crippen LogP contribution in [0.4, 0.5) is 11.6 Å². The van der Waals surface area contributed by atoms with Crippen LogP contribution in [0.3, 0.4) is 0 Å². The minimum absolute atomic E-state index is 0.231. The number of amides is 1. The van der Waals surface area contributed by atoms with Crippen molar-refractivity contribution in [3.05, 3.63) is 105 Å². The number of aromatic nitrogens is 3. The summed E-state index contributed by atoms with van der Waals surface area (Å²) in [6.45, 7) is 6.09. The first-order valence-electron chi connectivity index (χ1n) is 12.2. The van der Waals surface area contributed by atoms with Gasteiger partial charge in [-0.25, -0.2) is 4.68 Å². The quantitative estimate of drug-likeness (QED) is 0.249. The molecule has 1 aromatic heterocycles. The van der Waals surface area contributed by atoms with Gasteiger partial charge in [0.15, 0.2) is 0 Å². The molecule has 5 rings (SSSR count). The van der Waals surface area contributed by atoms with Gasteiger partial charge in [-0.2, -0.15) is 4.98 Å². The number of anilines is 2. The average molecular weight is 546 g/mol.